The normalized spacial score (nSPS) is 11.1. The van der Waals surface area contributed by atoms with Crippen molar-refractivity contribution in [3.63, 3.8) is 0 Å². The third kappa shape index (κ3) is 1.22. The maximum atomic E-state index is 12.2. The first-order valence-electron chi connectivity index (χ1n) is 4.93. The third-order valence-electron chi connectivity index (χ3n) is 2.60. The average molecular weight is 223 g/mol. The van der Waals surface area contributed by atoms with Gasteiger partial charge in [-0.1, -0.05) is 29.5 Å². The molecule has 0 bridgehead atoms. The first-order chi connectivity index (χ1) is 7.77. The summed E-state index contributed by atoms with van der Waals surface area (Å²) in [6.45, 7) is 0. The van der Waals surface area contributed by atoms with Crippen LogP contribution in [0.5, 0.6) is 0 Å². The minimum absolute atomic E-state index is 0.00227. The zero-order valence-corrected chi connectivity index (χ0v) is 9.36. The average Bonchev–Trinajstić information content (AvgIpc) is 2.29. The molecule has 16 heavy (non-hydrogen) atoms. The van der Waals surface area contributed by atoms with E-state index in [9.17, 15) is 4.79 Å². The summed E-state index contributed by atoms with van der Waals surface area (Å²) in [7, 11) is 3.43. The molecule has 0 atom stereocenters. The van der Waals surface area contributed by atoms with Crippen molar-refractivity contribution in [2.24, 2.45) is 0 Å². The van der Waals surface area contributed by atoms with Crippen molar-refractivity contribution in [3.05, 3.63) is 52.7 Å². The second-order valence-corrected chi connectivity index (χ2v) is 4.14. The van der Waals surface area contributed by atoms with E-state index >= 15 is 0 Å². The molecule has 1 aromatic heterocycles. The molecule has 2 nitrogen and oxygen atoms in total. The van der Waals surface area contributed by atoms with Crippen LogP contribution in [-0.4, -0.2) is 10.2 Å². The molecule has 0 fully saturated rings. The summed E-state index contributed by atoms with van der Waals surface area (Å²) in [6.07, 6.45) is 0. The maximum Gasteiger partial charge on any atom is 0.200 e. The standard InChI is InChI=1S/C13H7O2Si/c14-13-8-4-1-2-5-9(8)15-10-6-3-7-11(16)12(10)13/h1-7H. The SMILES string of the molecule is O=c1c2ccccc2oc2cccc([Si])c12. The smallest absolute Gasteiger partial charge is 0.200 e. The van der Waals surface area contributed by atoms with Gasteiger partial charge in [0.2, 0.25) is 0 Å². The van der Waals surface area contributed by atoms with Crippen LogP contribution in [0.1, 0.15) is 0 Å². The summed E-state index contributed by atoms with van der Waals surface area (Å²) in [6, 6.07) is 12.8. The molecular weight excluding hydrogens is 216 g/mol. The van der Waals surface area contributed by atoms with Crippen molar-refractivity contribution < 1.29 is 4.42 Å². The second-order valence-electron chi connectivity index (χ2n) is 3.61. The Balaban J connectivity index is 2.67. The minimum Gasteiger partial charge on any atom is -0.456 e. The first kappa shape index (κ1) is 9.36. The van der Waals surface area contributed by atoms with Crippen molar-refractivity contribution in [2.45, 2.75) is 0 Å². The number of rotatable bonds is 0. The van der Waals surface area contributed by atoms with E-state index in [-0.39, 0.29) is 5.43 Å². The second kappa shape index (κ2) is 3.32. The highest BCUT2D eigenvalue weighted by molar-refractivity contribution is 6.38. The Morgan fingerprint density at radius 2 is 1.69 bits per heavy atom. The maximum absolute atomic E-state index is 12.2. The lowest BCUT2D eigenvalue weighted by atomic mass is 10.1. The molecule has 3 aromatic rings. The van der Waals surface area contributed by atoms with Gasteiger partial charge < -0.3 is 4.42 Å². The lowest BCUT2D eigenvalue weighted by Crippen LogP contribution is -2.14. The Labute approximate surface area is 94.9 Å². The number of fused-ring (bicyclic) bond motifs is 2. The van der Waals surface area contributed by atoms with Crippen LogP contribution in [-0.2, 0) is 0 Å². The van der Waals surface area contributed by atoms with Crippen LogP contribution >= 0.6 is 0 Å². The van der Waals surface area contributed by atoms with Crippen molar-refractivity contribution in [3.8, 4) is 0 Å². The van der Waals surface area contributed by atoms with Crippen molar-refractivity contribution in [2.75, 3.05) is 0 Å². The van der Waals surface area contributed by atoms with Crippen molar-refractivity contribution in [1.82, 2.24) is 0 Å². The van der Waals surface area contributed by atoms with E-state index in [1.807, 2.05) is 24.3 Å². The molecule has 1 heterocycles. The molecule has 0 aliphatic heterocycles. The Morgan fingerprint density at radius 3 is 2.56 bits per heavy atom. The fraction of sp³-hybridized carbons (Fsp3) is 0. The summed E-state index contributed by atoms with van der Waals surface area (Å²) in [4.78, 5) is 12.2. The van der Waals surface area contributed by atoms with Crippen LogP contribution in [0.4, 0.5) is 0 Å². The van der Waals surface area contributed by atoms with Crippen LogP contribution in [0, 0.1) is 0 Å². The molecule has 3 radical (unpaired) electrons. The summed E-state index contributed by atoms with van der Waals surface area (Å²) < 4.78 is 5.68. The van der Waals surface area contributed by atoms with Crippen LogP contribution < -0.4 is 10.6 Å². The van der Waals surface area contributed by atoms with Crippen LogP contribution in [0.3, 0.4) is 0 Å². The molecule has 0 amide bonds. The van der Waals surface area contributed by atoms with Crippen molar-refractivity contribution >= 4 is 37.4 Å². The molecule has 0 spiro atoms. The Bertz CT molecular complexity index is 744. The fourth-order valence-electron chi connectivity index (χ4n) is 1.85. The largest absolute Gasteiger partial charge is 0.456 e. The zero-order chi connectivity index (χ0) is 11.1. The fourth-order valence-corrected chi connectivity index (χ4v) is 2.18. The molecule has 0 unspecified atom stereocenters. The Kier molecular flexibility index (Phi) is 1.94. The van der Waals surface area contributed by atoms with Gasteiger partial charge in [-0.3, -0.25) is 4.79 Å². The number of hydrogen-bond acceptors (Lipinski definition) is 2. The van der Waals surface area contributed by atoms with Gasteiger partial charge in [0.1, 0.15) is 11.2 Å². The van der Waals surface area contributed by atoms with E-state index in [0.29, 0.717) is 21.9 Å². The van der Waals surface area contributed by atoms with Gasteiger partial charge in [0.15, 0.2) is 5.43 Å². The first-order valence-corrected chi connectivity index (χ1v) is 5.43. The molecule has 3 heteroatoms. The van der Waals surface area contributed by atoms with E-state index in [0.717, 1.165) is 5.19 Å². The van der Waals surface area contributed by atoms with E-state index in [2.05, 4.69) is 10.2 Å². The van der Waals surface area contributed by atoms with Gasteiger partial charge in [0.25, 0.3) is 0 Å². The monoisotopic (exact) mass is 223 g/mol. The highest BCUT2D eigenvalue weighted by Crippen LogP contribution is 2.16. The highest BCUT2D eigenvalue weighted by Gasteiger charge is 2.08. The van der Waals surface area contributed by atoms with Crippen LogP contribution in [0.25, 0.3) is 21.9 Å². The van der Waals surface area contributed by atoms with E-state index < -0.39 is 0 Å². The molecule has 0 aliphatic rings. The van der Waals surface area contributed by atoms with Crippen LogP contribution in [0.2, 0.25) is 0 Å². The quantitative estimate of drug-likeness (QED) is 0.429. The summed E-state index contributed by atoms with van der Waals surface area (Å²) in [5, 5.41) is 1.97. The molecular formula is C13H7O2Si. The van der Waals surface area contributed by atoms with E-state index in [1.54, 1.807) is 18.2 Å². The van der Waals surface area contributed by atoms with E-state index in [4.69, 9.17) is 4.42 Å². The molecule has 0 saturated carbocycles. The lowest BCUT2D eigenvalue weighted by molar-refractivity contribution is 0.660. The topological polar surface area (TPSA) is 30.2 Å². The summed E-state index contributed by atoms with van der Waals surface area (Å²) >= 11 is 0. The molecule has 0 saturated heterocycles. The van der Waals surface area contributed by atoms with Gasteiger partial charge in [0, 0.05) is 0 Å². The molecule has 2 aromatic carbocycles. The number of hydrogen-bond donors (Lipinski definition) is 0. The molecule has 0 aliphatic carbocycles. The Hall–Kier alpha value is -1.87. The molecule has 3 rings (SSSR count). The third-order valence-corrected chi connectivity index (χ3v) is 3.02. The van der Waals surface area contributed by atoms with Gasteiger partial charge in [-0.05, 0) is 18.2 Å². The van der Waals surface area contributed by atoms with Gasteiger partial charge in [-0.25, -0.2) is 0 Å². The van der Waals surface area contributed by atoms with Crippen molar-refractivity contribution in [1.29, 1.82) is 0 Å². The molecule has 75 valence electrons. The Morgan fingerprint density at radius 1 is 0.938 bits per heavy atom. The van der Waals surface area contributed by atoms with Gasteiger partial charge in [-0.15, -0.1) is 0 Å². The van der Waals surface area contributed by atoms with Gasteiger partial charge >= 0.3 is 0 Å². The number of para-hydroxylation sites is 1. The van der Waals surface area contributed by atoms with Crippen LogP contribution in [0.15, 0.2) is 51.7 Å². The lowest BCUT2D eigenvalue weighted by Gasteiger charge is -2.02. The minimum atomic E-state index is 0.00227. The summed E-state index contributed by atoms with van der Waals surface area (Å²) in [5.74, 6) is 0. The van der Waals surface area contributed by atoms with Gasteiger partial charge in [-0.2, -0.15) is 0 Å². The highest BCUT2D eigenvalue weighted by atomic mass is 28.1. The van der Waals surface area contributed by atoms with E-state index in [1.165, 1.54) is 0 Å². The summed E-state index contributed by atoms with van der Waals surface area (Å²) in [5.41, 5.74) is 1.23. The predicted octanol–water partition coefficient (Wildman–Crippen LogP) is 1.74. The zero-order valence-electron chi connectivity index (χ0n) is 8.36. The number of benzene rings is 2. The predicted molar refractivity (Wildman–Crippen MR) is 65.4 cm³/mol. The molecule has 0 N–H and O–H groups in total. The van der Waals surface area contributed by atoms with Gasteiger partial charge in [0.05, 0.1) is 21.0 Å².